The van der Waals surface area contributed by atoms with Gasteiger partial charge >= 0.3 is 6.36 Å². The highest BCUT2D eigenvalue weighted by atomic mass is 35.5. The third kappa shape index (κ3) is 4.60. The van der Waals surface area contributed by atoms with Crippen LogP contribution in [0.25, 0.3) is 11.3 Å². The number of halogens is 4. The maximum absolute atomic E-state index is 12.2. The zero-order chi connectivity index (χ0) is 18.7. The van der Waals surface area contributed by atoms with Crippen LogP contribution in [0, 0.1) is 0 Å². The summed E-state index contributed by atoms with van der Waals surface area (Å²) < 4.78 is 41.5. The third-order valence-corrected chi connectivity index (χ3v) is 3.62. The van der Waals surface area contributed by atoms with E-state index < -0.39 is 12.2 Å². The van der Waals surface area contributed by atoms with Crippen LogP contribution in [0.1, 0.15) is 5.56 Å². The van der Waals surface area contributed by atoms with Crippen molar-refractivity contribution in [3.8, 4) is 17.1 Å². The molecule has 0 aliphatic carbocycles. The van der Waals surface area contributed by atoms with Crippen molar-refractivity contribution >= 4 is 11.6 Å². The second-order valence-electron chi connectivity index (χ2n) is 5.27. The number of ether oxygens (including phenoxy) is 1. The van der Waals surface area contributed by atoms with Gasteiger partial charge in [-0.25, -0.2) is 9.67 Å². The molecule has 0 saturated heterocycles. The highest BCUT2D eigenvalue weighted by molar-refractivity contribution is 6.30. The van der Waals surface area contributed by atoms with E-state index in [0.717, 1.165) is 11.6 Å². The maximum Gasteiger partial charge on any atom is 0.574 e. The van der Waals surface area contributed by atoms with Gasteiger partial charge in [-0.3, -0.25) is 4.79 Å². The molecule has 1 aromatic carbocycles. The van der Waals surface area contributed by atoms with Gasteiger partial charge in [0, 0.05) is 28.9 Å². The van der Waals surface area contributed by atoms with Crippen LogP contribution in [0.15, 0.2) is 59.5 Å². The van der Waals surface area contributed by atoms with Crippen LogP contribution in [-0.2, 0) is 6.54 Å². The SMILES string of the molecule is O=c1ccc(-c2ccc(OC(F)(F)F)nc2)nn1Cc1ccc(Cl)cc1. The van der Waals surface area contributed by atoms with Gasteiger partial charge in [-0.05, 0) is 29.8 Å². The summed E-state index contributed by atoms with van der Waals surface area (Å²) in [5.41, 5.74) is 1.36. The maximum atomic E-state index is 12.2. The summed E-state index contributed by atoms with van der Waals surface area (Å²) in [4.78, 5) is 15.6. The van der Waals surface area contributed by atoms with Gasteiger partial charge in [0.25, 0.3) is 5.56 Å². The molecule has 0 aliphatic heterocycles. The molecule has 2 heterocycles. The molecule has 0 saturated carbocycles. The molecular formula is C17H11ClF3N3O2. The van der Waals surface area contributed by atoms with E-state index in [0.29, 0.717) is 16.3 Å². The largest absolute Gasteiger partial charge is 0.574 e. The lowest BCUT2D eigenvalue weighted by molar-refractivity contribution is -0.276. The van der Waals surface area contributed by atoms with Gasteiger partial charge in [-0.15, -0.1) is 13.2 Å². The van der Waals surface area contributed by atoms with Crippen molar-refractivity contribution in [2.45, 2.75) is 12.9 Å². The second-order valence-corrected chi connectivity index (χ2v) is 5.71. The Bertz CT molecular complexity index is 955. The molecule has 0 bridgehead atoms. The summed E-state index contributed by atoms with van der Waals surface area (Å²) in [5.74, 6) is -0.573. The molecule has 0 aliphatic rings. The van der Waals surface area contributed by atoms with E-state index in [2.05, 4.69) is 14.8 Å². The molecule has 0 radical (unpaired) electrons. The first-order valence-corrected chi connectivity index (χ1v) is 7.73. The first kappa shape index (κ1) is 17.9. The monoisotopic (exact) mass is 381 g/mol. The average molecular weight is 382 g/mol. The lowest BCUT2D eigenvalue weighted by Crippen LogP contribution is -2.22. The van der Waals surface area contributed by atoms with Crippen LogP contribution in [0.4, 0.5) is 13.2 Å². The molecule has 26 heavy (non-hydrogen) atoms. The number of hydrogen-bond donors (Lipinski definition) is 0. The zero-order valence-corrected chi connectivity index (χ0v) is 13.8. The predicted molar refractivity (Wildman–Crippen MR) is 89.0 cm³/mol. The molecule has 3 rings (SSSR count). The predicted octanol–water partition coefficient (Wildman–Crippen LogP) is 3.91. The second kappa shape index (κ2) is 7.17. The van der Waals surface area contributed by atoms with Crippen molar-refractivity contribution in [3.05, 3.63) is 75.7 Å². The van der Waals surface area contributed by atoms with E-state index in [1.165, 1.54) is 29.1 Å². The Morgan fingerprint density at radius 2 is 1.77 bits per heavy atom. The highest BCUT2D eigenvalue weighted by Gasteiger charge is 2.31. The van der Waals surface area contributed by atoms with Gasteiger partial charge in [-0.2, -0.15) is 5.10 Å². The molecule has 0 fully saturated rings. The minimum Gasteiger partial charge on any atom is -0.388 e. The number of benzene rings is 1. The van der Waals surface area contributed by atoms with E-state index in [1.54, 1.807) is 24.3 Å². The molecular weight excluding hydrogens is 371 g/mol. The number of pyridine rings is 1. The van der Waals surface area contributed by atoms with E-state index >= 15 is 0 Å². The number of nitrogens with zero attached hydrogens (tertiary/aromatic N) is 3. The van der Waals surface area contributed by atoms with Crippen LogP contribution in [0.5, 0.6) is 5.88 Å². The fourth-order valence-corrected chi connectivity index (χ4v) is 2.32. The van der Waals surface area contributed by atoms with E-state index in [9.17, 15) is 18.0 Å². The Morgan fingerprint density at radius 3 is 2.38 bits per heavy atom. The topological polar surface area (TPSA) is 57.0 Å². The summed E-state index contributed by atoms with van der Waals surface area (Å²) in [6.07, 6.45) is -3.61. The third-order valence-electron chi connectivity index (χ3n) is 3.36. The fraction of sp³-hybridized carbons (Fsp3) is 0.118. The number of aromatic nitrogens is 3. The number of hydrogen-bond acceptors (Lipinski definition) is 4. The van der Waals surface area contributed by atoms with Crippen LogP contribution in [-0.4, -0.2) is 21.1 Å². The molecule has 0 unspecified atom stereocenters. The molecule has 2 aromatic heterocycles. The minimum atomic E-state index is -4.81. The van der Waals surface area contributed by atoms with E-state index in [1.807, 2.05) is 0 Å². The van der Waals surface area contributed by atoms with Gasteiger partial charge in [0.05, 0.1) is 12.2 Å². The molecule has 5 nitrogen and oxygen atoms in total. The molecule has 0 atom stereocenters. The molecule has 134 valence electrons. The van der Waals surface area contributed by atoms with Gasteiger partial charge < -0.3 is 4.74 Å². The quantitative estimate of drug-likeness (QED) is 0.687. The Labute approximate surface area is 150 Å². The van der Waals surface area contributed by atoms with E-state index in [4.69, 9.17) is 11.6 Å². The number of rotatable bonds is 4. The standard InChI is InChI=1S/C17H11ClF3N3O2/c18-13-4-1-11(2-5-13)10-24-16(25)8-6-14(23-24)12-3-7-15(22-9-12)26-17(19,20)21/h1-9H,10H2. The summed E-state index contributed by atoms with van der Waals surface area (Å²) in [6.45, 7) is 0.229. The molecule has 0 spiro atoms. The van der Waals surface area contributed by atoms with Gasteiger partial charge in [0.2, 0.25) is 5.88 Å². The summed E-state index contributed by atoms with van der Waals surface area (Å²) in [7, 11) is 0. The van der Waals surface area contributed by atoms with Crippen molar-refractivity contribution < 1.29 is 17.9 Å². The fourth-order valence-electron chi connectivity index (χ4n) is 2.19. The summed E-state index contributed by atoms with van der Waals surface area (Å²) >= 11 is 5.83. The van der Waals surface area contributed by atoms with Crippen LogP contribution in [0.2, 0.25) is 5.02 Å². The lowest BCUT2D eigenvalue weighted by atomic mass is 10.2. The number of alkyl halides is 3. The summed E-state index contributed by atoms with van der Waals surface area (Å²) in [6, 6.07) is 12.2. The smallest absolute Gasteiger partial charge is 0.388 e. The van der Waals surface area contributed by atoms with Crippen LogP contribution in [0.3, 0.4) is 0 Å². The Kier molecular flexibility index (Phi) is 4.94. The molecule has 9 heteroatoms. The molecule has 0 N–H and O–H groups in total. The normalized spacial score (nSPS) is 11.4. The lowest BCUT2D eigenvalue weighted by Gasteiger charge is -2.09. The first-order chi connectivity index (χ1) is 12.3. The van der Waals surface area contributed by atoms with Gasteiger partial charge in [-0.1, -0.05) is 23.7 Å². The Hall–Kier alpha value is -2.87. The molecule has 3 aromatic rings. The van der Waals surface area contributed by atoms with Crippen molar-refractivity contribution in [2.75, 3.05) is 0 Å². The van der Waals surface area contributed by atoms with Gasteiger partial charge in [0.1, 0.15) is 0 Å². The van der Waals surface area contributed by atoms with Gasteiger partial charge in [0.15, 0.2) is 0 Å². The van der Waals surface area contributed by atoms with Crippen LogP contribution < -0.4 is 10.3 Å². The van der Waals surface area contributed by atoms with E-state index in [-0.39, 0.29) is 12.1 Å². The average Bonchev–Trinajstić information content (AvgIpc) is 2.58. The van der Waals surface area contributed by atoms with Crippen molar-refractivity contribution in [3.63, 3.8) is 0 Å². The van der Waals surface area contributed by atoms with Crippen molar-refractivity contribution in [1.29, 1.82) is 0 Å². The van der Waals surface area contributed by atoms with Crippen molar-refractivity contribution in [1.82, 2.24) is 14.8 Å². The Morgan fingerprint density at radius 1 is 1.04 bits per heavy atom. The van der Waals surface area contributed by atoms with Crippen LogP contribution >= 0.6 is 11.6 Å². The molecule has 0 amide bonds. The minimum absolute atomic E-state index is 0.229. The summed E-state index contributed by atoms with van der Waals surface area (Å²) in [5, 5.41) is 4.81. The van der Waals surface area contributed by atoms with Crippen molar-refractivity contribution in [2.24, 2.45) is 0 Å². The first-order valence-electron chi connectivity index (χ1n) is 7.35. The Balaban J connectivity index is 1.85. The zero-order valence-electron chi connectivity index (χ0n) is 13.1. The highest BCUT2D eigenvalue weighted by Crippen LogP contribution is 2.23.